The molecule has 0 radical (unpaired) electrons. The molecule has 25 heavy (non-hydrogen) atoms. The Bertz CT molecular complexity index is 1360. The van der Waals surface area contributed by atoms with Crippen molar-refractivity contribution in [3.8, 4) is 11.3 Å². The third kappa shape index (κ3) is 2.30. The summed E-state index contributed by atoms with van der Waals surface area (Å²) in [5, 5.41) is 7.55. The van der Waals surface area contributed by atoms with Gasteiger partial charge in [0.05, 0.1) is 38.2 Å². The van der Waals surface area contributed by atoms with E-state index in [9.17, 15) is 12.8 Å². The first-order chi connectivity index (χ1) is 13.0. The highest BCUT2D eigenvalue weighted by molar-refractivity contribution is 7.91. The number of aromatic amines is 1. The minimum absolute atomic E-state index is 0.0474. The Kier molecular flexibility index (Phi) is 2.55. The van der Waals surface area contributed by atoms with Gasteiger partial charge in [-0.2, -0.15) is 0 Å². The van der Waals surface area contributed by atoms with Gasteiger partial charge in [-0.3, -0.25) is 4.98 Å². The van der Waals surface area contributed by atoms with E-state index in [1.807, 2.05) is 0 Å². The number of nitrogens with zero attached hydrogens (tertiary/aromatic N) is 4. The van der Waals surface area contributed by atoms with Gasteiger partial charge in [0.1, 0.15) is 5.82 Å². The summed E-state index contributed by atoms with van der Waals surface area (Å²) in [7, 11) is -2.05. The fraction of sp³-hybridized carbons (Fsp3) is 0.188. The monoisotopic (exact) mass is 362 g/mol. The zero-order valence-corrected chi connectivity index (χ0v) is 14.0. The van der Waals surface area contributed by atoms with Crippen LogP contribution in [0.15, 0.2) is 29.3 Å². The van der Waals surface area contributed by atoms with E-state index in [-0.39, 0.29) is 32.7 Å². The number of halogens is 1. The Morgan fingerprint density at radius 1 is 1.36 bits per heavy atom. The van der Waals surface area contributed by atoms with Crippen molar-refractivity contribution in [3.63, 3.8) is 0 Å². The number of sulfone groups is 1. The second-order valence-corrected chi connectivity index (χ2v) is 7.71. The normalized spacial score (nSPS) is 14.6. The van der Waals surface area contributed by atoms with E-state index in [1.54, 1.807) is 13.1 Å². The number of rotatable bonds is 2. The lowest BCUT2D eigenvalue weighted by Gasteiger charge is -2.02. The van der Waals surface area contributed by atoms with Gasteiger partial charge >= 0.3 is 0 Å². The maximum absolute atomic E-state index is 14.4. The van der Waals surface area contributed by atoms with Crippen molar-refractivity contribution in [2.75, 3.05) is 6.26 Å². The van der Waals surface area contributed by atoms with Crippen LogP contribution >= 0.6 is 0 Å². The van der Waals surface area contributed by atoms with Crippen LogP contribution in [0.1, 0.15) is 9.81 Å². The van der Waals surface area contributed by atoms with Crippen molar-refractivity contribution in [2.45, 2.75) is 11.7 Å². The third-order valence-electron chi connectivity index (χ3n) is 4.00. The molecular weight excluding hydrogens is 345 g/mol. The van der Waals surface area contributed by atoms with Crippen molar-refractivity contribution in [3.05, 3.63) is 35.9 Å². The van der Waals surface area contributed by atoms with E-state index < -0.39 is 22.5 Å². The molecule has 0 aliphatic carbocycles. The van der Waals surface area contributed by atoms with Gasteiger partial charge in [0.2, 0.25) is 0 Å². The van der Waals surface area contributed by atoms with Crippen LogP contribution in [0.4, 0.5) is 4.39 Å². The predicted octanol–water partition coefficient (Wildman–Crippen LogP) is 2.36. The Balaban J connectivity index is 2.04. The lowest BCUT2D eigenvalue weighted by atomic mass is 10.1. The van der Waals surface area contributed by atoms with Gasteiger partial charge in [0.25, 0.3) is 0 Å². The molecule has 3 heterocycles. The minimum atomic E-state index is -3.60. The highest BCUT2D eigenvalue weighted by atomic mass is 32.2. The average Bonchev–Trinajstić information content (AvgIpc) is 3.13. The molecule has 7 nitrogen and oxygen atoms in total. The van der Waals surface area contributed by atoms with E-state index in [4.69, 9.17) is 4.11 Å². The molecule has 0 aliphatic heterocycles. The molecule has 4 aromatic rings. The van der Waals surface area contributed by atoms with Crippen LogP contribution in [0.5, 0.6) is 0 Å². The van der Waals surface area contributed by atoms with Crippen LogP contribution in [-0.4, -0.2) is 39.6 Å². The zero-order valence-electron chi connectivity index (χ0n) is 16.2. The summed E-state index contributed by atoms with van der Waals surface area (Å²) in [6, 6.07) is 3.85. The van der Waals surface area contributed by atoms with E-state index in [2.05, 4.69) is 20.3 Å². The van der Waals surface area contributed by atoms with Crippen LogP contribution in [-0.2, 0) is 16.9 Å². The third-order valence-corrected chi connectivity index (χ3v) is 5.14. The Labute approximate surface area is 146 Å². The molecule has 4 rings (SSSR count). The van der Waals surface area contributed by atoms with Gasteiger partial charge < -0.3 is 4.98 Å². The van der Waals surface area contributed by atoms with Gasteiger partial charge in [-0.05, 0) is 25.1 Å². The summed E-state index contributed by atoms with van der Waals surface area (Å²) < 4.78 is 62.7. The Morgan fingerprint density at radius 2 is 2.16 bits per heavy atom. The van der Waals surface area contributed by atoms with Crippen LogP contribution in [0.2, 0.25) is 0 Å². The molecule has 0 atom stereocenters. The number of pyridine rings is 1. The van der Waals surface area contributed by atoms with Gasteiger partial charge in [-0.25, -0.2) is 17.5 Å². The minimum Gasteiger partial charge on any atom is -0.352 e. The molecule has 0 unspecified atom stereocenters. The average molecular weight is 362 g/mol. The van der Waals surface area contributed by atoms with Crippen molar-refractivity contribution in [1.82, 2.24) is 25.0 Å². The summed E-state index contributed by atoms with van der Waals surface area (Å²) >= 11 is 0. The standard InChI is InChI=1S/C16H14FN5O2S/c1-8-16(22(2)21-20-8)9-6-11-14(18-7-9)13-10(17)4-5-12(15(13)19-11)25(3,23)24/h4-7,19H,1-3H3/i1D3. The fourth-order valence-electron chi connectivity index (χ4n) is 2.93. The fourth-order valence-corrected chi connectivity index (χ4v) is 3.77. The SMILES string of the molecule is [2H]C([2H])([2H])c1nnn(C)c1-c1cnc2c(c1)[nH]c1c(S(C)(=O)=O)ccc(F)c12. The lowest BCUT2D eigenvalue weighted by molar-refractivity contribution is 0.602. The number of benzene rings is 1. The number of hydrogen-bond acceptors (Lipinski definition) is 5. The van der Waals surface area contributed by atoms with Gasteiger partial charge in [-0.1, -0.05) is 5.21 Å². The first-order valence-electron chi connectivity index (χ1n) is 8.69. The molecule has 0 saturated heterocycles. The summed E-state index contributed by atoms with van der Waals surface area (Å²) in [4.78, 5) is 7.11. The largest absolute Gasteiger partial charge is 0.352 e. The molecule has 1 N–H and O–H groups in total. The maximum Gasteiger partial charge on any atom is 0.177 e. The number of hydrogen-bond donors (Lipinski definition) is 1. The summed E-state index contributed by atoms with van der Waals surface area (Å²) in [6.07, 6.45) is 2.42. The summed E-state index contributed by atoms with van der Waals surface area (Å²) in [5.74, 6) is -0.612. The Hall–Kier alpha value is -2.81. The van der Waals surface area contributed by atoms with Crippen molar-refractivity contribution in [1.29, 1.82) is 0 Å². The second kappa shape index (κ2) is 5.09. The zero-order chi connectivity index (χ0) is 20.4. The molecule has 0 bridgehead atoms. The van der Waals surface area contributed by atoms with Crippen LogP contribution in [0, 0.1) is 12.7 Å². The summed E-state index contributed by atoms with van der Waals surface area (Å²) in [6.45, 7) is -2.48. The number of H-pyrrole nitrogens is 1. The lowest BCUT2D eigenvalue weighted by Crippen LogP contribution is -1.98. The first kappa shape index (κ1) is 12.5. The van der Waals surface area contributed by atoms with Crippen molar-refractivity contribution >= 4 is 31.8 Å². The Morgan fingerprint density at radius 3 is 2.88 bits per heavy atom. The number of fused-ring (bicyclic) bond motifs is 3. The van der Waals surface area contributed by atoms with Crippen LogP contribution in [0.25, 0.3) is 33.2 Å². The molecule has 128 valence electrons. The van der Waals surface area contributed by atoms with Crippen molar-refractivity contribution in [2.24, 2.45) is 7.05 Å². The first-order valence-corrected chi connectivity index (χ1v) is 9.08. The quantitative estimate of drug-likeness (QED) is 0.553. The van der Waals surface area contributed by atoms with Crippen molar-refractivity contribution < 1.29 is 16.9 Å². The molecule has 1 aromatic carbocycles. The van der Waals surface area contributed by atoms with E-state index in [0.29, 0.717) is 11.1 Å². The highest BCUT2D eigenvalue weighted by Gasteiger charge is 2.20. The smallest absolute Gasteiger partial charge is 0.177 e. The van der Waals surface area contributed by atoms with E-state index in [1.165, 1.54) is 16.9 Å². The van der Waals surface area contributed by atoms with Gasteiger partial charge in [0.15, 0.2) is 9.84 Å². The number of aromatic nitrogens is 5. The van der Waals surface area contributed by atoms with E-state index in [0.717, 1.165) is 12.3 Å². The predicted molar refractivity (Wildman–Crippen MR) is 91.4 cm³/mol. The highest BCUT2D eigenvalue weighted by Crippen LogP contribution is 2.33. The van der Waals surface area contributed by atoms with Crippen LogP contribution < -0.4 is 0 Å². The second-order valence-electron chi connectivity index (χ2n) is 5.72. The summed E-state index contributed by atoms with van der Waals surface area (Å²) in [5.41, 5.74) is 1.18. The number of nitrogens with one attached hydrogen (secondary N) is 1. The maximum atomic E-state index is 14.4. The van der Waals surface area contributed by atoms with Gasteiger partial charge in [0, 0.05) is 29.2 Å². The topological polar surface area (TPSA) is 93.5 Å². The molecule has 3 aromatic heterocycles. The molecule has 0 spiro atoms. The molecular formula is C16H14FN5O2S. The van der Waals surface area contributed by atoms with Gasteiger partial charge in [-0.15, -0.1) is 5.10 Å². The molecule has 0 fully saturated rings. The molecule has 0 amide bonds. The molecule has 0 aliphatic rings. The van der Waals surface area contributed by atoms with Crippen LogP contribution in [0.3, 0.4) is 0 Å². The number of aryl methyl sites for hydroxylation is 2. The molecule has 0 saturated carbocycles. The molecule has 9 heteroatoms. The van der Waals surface area contributed by atoms with E-state index >= 15 is 0 Å².